The Balaban J connectivity index is 1.69. The molecule has 1 aromatic carbocycles. The van der Waals surface area contributed by atoms with E-state index in [-0.39, 0.29) is 23.8 Å². The van der Waals surface area contributed by atoms with Crippen molar-refractivity contribution >= 4 is 11.8 Å². The van der Waals surface area contributed by atoms with Gasteiger partial charge in [0, 0.05) is 32.5 Å². The third kappa shape index (κ3) is 3.40. The van der Waals surface area contributed by atoms with Gasteiger partial charge in [0.2, 0.25) is 11.8 Å². The molecule has 0 spiro atoms. The van der Waals surface area contributed by atoms with E-state index in [0.29, 0.717) is 13.1 Å². The number of methoxy groups -OCH3 is 1. The first kappa shape index (κ1) is 16.8. The molecule has 0 aromatic heterocycles. The lowest BCUT2D eigenvalue weighted by molar-refractivity contribution is -0.140. The summed E-state index contributed by atoms with van der Waals surface area (Å²) < 4.78 is 5.32. The number of carbonyl (C=O) groups is 2. The van der Waals surface area contributed by atoms with Crippen LogP contribution in [0.2, 0.25) is 0 Å². The summed E-state index contributed by atoms with van der Waals surface area (Å²) in [5.41, 5.74) is 1.15. The smallest absolute Gasteiger partial charge is 0.226 e. The van der Waals surface area contributed by atoms with Gasteiger partial charge < -0.3 is 14.5 Å². The van der Waals surface area contributed by atoms with Crippen molar-refractivity contribution in [3.8, 4) is 5.75 Å². The van der Waals surface area contributed by atoms with Crippen molar-refractivity contribution in [2.75, 3.05) is 26.7 Å². The van der Waals surface area contributed by atoms with Crippen LogP contribution in [0, 0.1) is 5.92 Å². The molecule has 1 aromatic rings. The van der Waals surface area contributed by atoms with Gasteiger partial charge in [-0.25, -0.2) is 0 Å². The molecule has 0 saturated carbocycles. The molecule has 5 heteroatoms. The highest BCUT2D eigenvalue weighted by atomic mass is 16.5. The van der Waals surface area contributed by atoms with Crippen LogP contribution in [0.1, 0.15) is 44.2 Å². The van der Waals surface area contributed by atoms with Crippen molar-refractivity contribution < 1.29 is 14.3 Å². The molecule has 0 bridgehead atoms. The van der Waals surface area contributed by atoms with E-state index in [0.717, 1.165) is 43.5 Å². The molecular weight excluding hydrogens is 304 g/mol. The zero-order valence-corrected chi connectivity index (χ0v) is 14.5. The summed E-state index contributed by atoms with van der Waals surface area (Å²) >= 11 is 0. The van der Waals surface area contributed by atoms with Gasteiger partial charge in [0.15, 0.2) is 0 Å². The zero-order chi connectivity index (χ0) is 17.1. The molecule has 2 heterocycles. The second kappa shape index (κ2) is 7.24. The highest BCUT2D eigenvalue weighted by Gasteiger charge is 2.35. The van der Waals surface area contributed by atoms with Crippen molar-refractivity contribution in [2.45, 2.75) is 38.6 Å². The first-order valence-corrected chi connectivity index (χ1v) is 8.80. The molecule has 0 radical (unpaired) electrons. The van der Waals surface area contributed by atoms with Gasteiger partial charge in [-0.1, -0.05) is 12.1 Å². The predicted molar refractivity (Wildman–Crippen MR) is 91.7 cm³/mol. The van der Waals surface area contributed by atoms with Gasteiger partial charge in [-0.15, -0.1) is 0 Å². The molecule has 1 atom stereocenters. The number of nitrogens with zero attached hydrogens (tertiary/aromatic N) is 2. The molecule has 0 aliphatic carbocycles. The van der Waals surface area contributed by atoms with E-state index in [1.165, 1.54) is 0 Å². The summed E-state index contributed by atoms with van der Waals surface area (Å²) in [6.07, 6.45) is 3.60. The lowest BCUT2D eigenvalue weighted by Crippen LogP contribution is -2.43. The third-order valence-corrected chi connectivity index (χ3v) is 5.30. The molecule has 2 fully saturated rings. The Morgan fingerprint density at radius 3 is 2.54 bits per heavy atom. The first-order chi connectivity index (χ1) is 11.6. The number of piperidine rings is 1. The molecule has 0 N–H and O–H groups in total. The Labute approximate surface area is 143 Å². The lowest BCUT2D eigenvalue weighted by Gasteiger charge is -2.34. The Bertz CT molecular complexity index is 608. The van der Waals surface area contributed by atoms with Crippen LogP contribution in [0.3, 0.4) is 0 Å². The molecule has 2 aliphatic rings. The Kier molecular flexibility index (Phi) is 5.07. The topological polar surface area (TPSA) is 49.9 Å². The normalized spacial score (nSPS) is 21.8. The Hall–Kier alpha value is -2.04. The van der Waals surface area contributed by atoms with Crippen molar-refractivity contribution in [1.29, 1.82) is 0 Å². The lowest BCUT2D eigenvalue weighted by atomic mass is 9.94. The third-order valence-electron chi connectivity index (χ3n) is 5.30. The van der Waals surface area contributed by atoms with Gasteiger partial charge in [-0.2, -0.15) is 0 Å². The summed E-state index contributed by atoms with van der Waals surface area (Å²) in [4.78, 5) is 28.3. The number of amides is 2. The number of rotatable bonds is 3. The molecule has 3 rings (SSSR count). The molecule has 2 aliphatic heterocycles. The molecule has 2 saturated heterocycles. The van der Waals surface area contributed by atoms with E-state index in [9.17, 15) is 9.59 Å². The van der Waals surface area contributed by atoms with Crippen LogP contribution < -0.4 is 4.74 Å². The van der Waals surface area contributed by atoms with E-state index in [1.54, 1.807) is 14.0 Å². The van der Waals surface area contributed by atoms with E-state index < -0.39 is 0 Å². The summed E-state index contributed by atoms with van der Waals surface area (Å²) in [6, 6.07) is 8.19. The number of likely N-dealkylation sites (tertiary alicyclic amines) is 2. The minimum atomic E-state index is 0.0480. The fourth-order valence-electron chi connectivity index (χ4n) is 3.90. The van der Waals surface area contributed by atoms with Crippen LogP contribution >= 0.6 is 0 Å². The van der Waals surface area contributed by atoms with E-state index >= 15 is 0 Å². The second-order valence-electron chi connectivity index (χ2n) is 6.75. The predicted octanol–water partition coefficient (Wildman–Crippen LogP) is 2.62. The fourth-order valence-corrected chi connectivity index (χ4v) is 3.90. The highest BCUT2D eigenvalue weighted by Crippen LogP contribution is 2.35. The minimum absolute atomic E-state index is 0.0480. The van der Waals surface area contributed by atoms with Crippen molar-refractivity contribution in [1.82, 2.24) is 9.80 Å². The van der Waals surface area contributed by atoms with Crippen molar-refractivity contribution in [3.63, 3.8) is 0 Å². The van der Waals surface area contributed by atoms with Crippen LogP contribution in [0.15, 0.2) is 24.3 Å². The molecule has 2 amide bonds. The molecule has 24 heavy (non-hydrogen) atoms. The number of carbonyl (C=O) groups excluding carboxylic acids is 2. The molecule has 5 nitrogen and oxygen atoms in total. The summed E-state index contributed by atoms with van der Waals surface area (Å²) in [6.45, 7) is 3.82. The van der Waals surface area contributed by atoms with Gasteiger partial charge in [0.1, 0.15) is 5.75 Å². The van der Waals surface area contributed by atoms with E-state index in [1.807, 2.05) is 28.0 Å². The number of hydrogen-bond acceptors (Lipinski definition) is 3. The monoisotopic (exact) mass is 330 g/mol. The maximum atomic E-state index is 13.0. The molecule has 130 valence electrons. The van der Waals surface area contributed by atoms with Crippen molar-refractivity contribution in [2.24, 2.45) is 5.92 Å². The molecule has 1 unspecified atom stereocenters. The van der Waals surface area contributed by atoms with Crippen LogP contribution in [-0.2, 0) is 9.59 Å². The first-order valence-electron chi connectivity index (χ1n) is 8.80. The summed E-state index contributed by atoms with van der Waals surface area (Å²) in [5.74, 6) is 1.24. The van der Waals surface area contributed by atoms with Gasteiger partial charge in [-0.05, 0) is 43.4 Å². The van der Waals surface area contributed by atoms with Crippen LogP contribution in [0.25, 0.3) is 0 Å². The van der Waals surface area contributed by atoms with Crippen LogP contribution in [0.5, 0.6) is 5.75 Å². The fraction of sp³-hybridized carbons (Fsp3) is 0.579. The number of benzene rings is 1. The van der Waals surface area contributed by atoms with Gasteiger partial charge in [-0.3, -0.25) is 9.59 Å². The average molecular weight is 330 g/mol. The van der Waals surface area contributed by atoms with E-state index in [2.05, 4.69) is 6.07 Å². The number of hydrogen-bond donors (Lipinski definition) is 0. The SMILES string of the molecule is COc1cccc(C2CCCN2C(=O)C2CCN(C(C)=O)CC2)c1. The van der Waals surface area contributed by atoms with Gasteiger partial charge in [0.25, 0.3) is 0 Å². The Morgan fingerprint density at radius 1 is 1.12 bits per heavy atom. The van der Waals surface area contributed by atoms with Gasteiger partial charge in [0.05, 0.1) is 13.2 Å². The second-order valence-corrected chi connectivity index (χ2v) is 6.75. The maximum Gasteiger partial charge on any atom is 0.226 e. The maximum absolute atomic E-state index is 13.0. The highest BCUT2D eigenvalue weighted by molar-refractivity contribution is 5.80. The summed E-state index contributed by atoms with van der Waals surface area (Å²) in [5, 5.41) is 0. The Morgan fingerprint density at radius 2 is 1.88 bits per heavy atom. The largest absolute Gasteiger partial charge is 0.497 e. The molecular formula is C19H26N2O3. The van der Waals surface area contributed by atoms with Gasteiger partial charge >= 0.3 is 0 Å². The standard InChI is InChI=1S/C19H26N2O3/c1-14(22)20-11-8-15(9-12-20)19(23)21-10-4-7-18(21)16-5-3-6-17(13-16)24-2/h3,5-6,13,15,18H,4,7-12H2,1-2H3. The van der Waals surface area contributed by atoms with Crippen LogP contribution in [0.4, 0.5) is 0 Å². The zero-order valence-electron chi connectivity index (χ0n) is 14.5. The number of ether oxygens (including phenoxy) is 1. The average Bonchev–Trinajstić information content (AvgIpc) is 3.11. The summed E-state index contributed by atoms with van der Waals surface area (Å²) in [7, 11) is 1.67. The quantitative estimate of drug-likeness (QED) is 0.856. The van der Waals surface area contributed by atoms with E-state index in [4.69, 9.17) is 4.74 Å². The van der Waals surface area contributed by atoms with Crippen LogP contribution in [-0.4, -0.2) is 48.4 Å². The van der Waals surface area contributed by atoms with Crippen molar-refractivity contribution in [3.05, 3.63) is 29.8 Å². The minimum Gasteiger partial charge on any atom is -0.497 e.